The van der Waals surface area contributed by atoms with Crippen molar-refractivity contribution >= 4 is 5.97 Å². The van der Waals surface area contributed by atoms with Gasteiger partial charge in [-0.15, -0.1) is 0 Å². The molecule has 0 radical (unpaired) electrons. The van der Waals surface area contributed by atoms with Crippen molar-refractivity contribution in [3.63, 3.8) is 0 Å². The van der Waals surface area contributed by atoms with E-state index in [1.807, 2.05) is 6.92 Å². The van der Waals surface area contributed by atoms with Crippen LogP contribution in [0.4, 0.5) is 0 Å². The highest BCUT2D eigenvalue weighted by atomic mass is 16.7. The fraction of sp³-hybridized carbons (Fsp3) is 0.889. The number of carbonyl (C=O) groups excluding carboxylic acids is 1. The lowest BCUT2D eigenvalue weighted by atomic mass is 10.1. The van der Waals surface area contributed by atoms with E-state index < -0.39 is 0 Å². The molecular weight excluding hydrogens is 172 g/mol. The maximum Gasteiger partial charge on any atom is 0.311 e. The molecule has 0 saturated heterocycles. The van der Waals surface area contributed by atoms with E-state index in [2.05, 4.69) is 0 Å². The Kier molecular flexibility index (Phi) is 6.54. The highest BCUT2D eigenvalue weighted by Crippen LogP contribution is 2.08. The van der Waals surface area contributed by atoms with E-state index in [0.29, 0.717) is 6.61 Å². The minimum Gasteiger partial charge on any atom is -0.466 e. The van der Waals surface area contributed by atoms with Crippen LogP contribution in [0.2, 0.25) is 0 Å². The maximum atomic E-state index is 11.2. The van der Waals surface area contributed by atoms with Crippen LogP contribution in [0.3, 0.4) is 0 Å². The zero-order valence-electron chi connectivity index (χ0n) is 8.70. The van der Waals surface area contributed by atoms with Crippen molar-refractivity contribution < 1.29 is 19.0 Å². The number of carbonyl (C=O) groups is 1. The molecule has 0 aromatic heterocycles. The largest absolute Gasteiger partial charge is 0.466 e. The molecule has 0 aromatic rings. The summed E-state index contributed by atoms with van der Waals surface area (Å²) in [7, 11) is 1.54. The Labute approximate surface area is 79.2 Å². The Balaban J connectivity index is 3.79. The lowest BCUT2D eigenvalue weighted by molar-refractivity contribution is -0.156. The van der Waals surface area contributed by atoms with E-state index in [4.69, 9.17) is 14.2 Å². The van der Waals surface area contributed by atoms with Crippen molar-refractivity contribution in [2.75, 3.05) is 20.5 Å². The fourth-order valence-electron chi connectivity index (χ4n) is 0.785. The van der Waals surface area contributed by atoms with Gasteiger partial charge in [0.25, 0.3) is 0 Å². The summed E-state index contributed by atoms with van der Waals surface area (Å²) in [5.41, 5.74) is 0. The Morgan fingerprint density at radius 3 is 2.46 bits per heavy atom. The lowest BCUT2D eigenvalue weighted by Gasteiger charge is -2.18. The first-order valence-corrected chi connectivity index (χ1v) is 4.40. The summed E-state index contributed by atoms with van der Waals surface area (Å²) < 4.78 is 14.8. The van der Waals surface area contributed by atoms with Crippen molar-refractivity contribution in [1.82, 2.24) is 0 Å². The Bertz CT molecular complexity index is 147. The lowest BCUT2D eigenvalue weighted by Crippen LogP contribution is -2.28. The van der Waals surface area contributed by atoms with Crippen molar-refractivity contribution in [1.29, 1.82) is 0 Å². The van der Waals surface area contributed by atoms with Gasteiger partial charge < -0.3 is 14.2 Å². The van der Waals surface area contributed by atoms with Gasteiger partial charge in [-0.05, 0) is 20.8 Å². The van der Waals surface area contributed by atoms with Gasteiger partial charge in [-0.2, -0.15) is 0 Å². The number of ether oxygens (including phenoxy) is 3. The summed E-state index contributed by atoms with van der Waals surface area (Å²) in [5.74, 6) is -0.485. The summed E-state index contributed by atoms with van der Waals surface area (Å²) in [6.45, 7) is 5.98. The van der Waals surface area contributed by atoms with Crippen LogP contribution in [0.5, 0.6) is 0 Å². The molecule has 78 valence electrons. The second-order valence-corrected chi connectivity index (χ2v) is 2.82. The average molecular weight is 190 g/mol. The smallest absolute Gasteiger partial charge is 0.311 e. The third-order valence-electron chi connectivity index (χ3n) is 1.81. The Morgan fingerprint density at radius 2 is 2.00 bits per heavy atom. The highest BCUT2D eigenvalue weighted by Gasteiger charge is 2.21. The normalized spacial score (nSPS) is 15.1. The van der Waals surface area contributed by atoms with Crippen LogP contribution in [0.1, 0.15) is 20.8 Å². The monoisotopic (exact) mass is 190 g/mol. The van der Waals surface area contributed by atoms with Crippen molar-refractivity contribution in [3.05, 3.63) is 0 Å². The van der Waals surface area contributed by atoms with Crippen LogP contribution in [-0.2, 0) is 19.0 Å². The van der Waals surface area contributed by atoms with Gasteiger partial charge in [-0.25, -0.2) is 0 Å². The Morgan fingerprint density at radius 1 is 1.38 bits per heavy atom. The maximum absolute atomic E-state index is 11.2. The molecule has 0 aromatic carbocycles. The predicted octanol–water partition coefficient (Wildman–Crippen LogP) is 1.19. The molecule has 0 bridgehead atoms. The molecule has 0 aliphatic rings. The Hall–Kier alpha value is -0.610. The fourth-order valence-corrected chi connectivity index (χ4v) is 0.785. The minimum absolute atomic E-state index is 0.181. The van der Waals surface area contributed by atoms with Gasteiger partial charge in [0.1, 0.15) is 6.79 Å². The number of esters is 1. The van der Waals surface area contributed by atoms with Gasteiger partial charge >= 0.3 is 5.97 Å². The molecule has 0 aliphatic heterocycles. The number of methoxy groups -OCH3 is 1. The van der Waals surface area contributed by atoms with E-state index in [1.54, 1.807) is 21.0 Å². The van der Waals surface area contributed by atoms with Crippen LogP contribution < -0.4 is 0 Å². The van der Waals surface area contributed by atoms with E-state index in [9.17, 15) is 4.79 Å². The molecule has 0 rings (SSSR count). The first kappa shape index (κ1) is 12.4. The standard InChI is InChI=1S/C9H18O4/c1-5-12-9(10)7(2)8(3)13-6-11-4/h7-8H,5-6H2,1-4H3/t7-,8-/m1/s1. The van der Waals surface area contributed by atoms with Gasteiger partial charge in [0.05, 0.1) is 18.6 Å². The van der Waals surface area contributed by atoms with Crippen LogP contribution >= 0.6 is 0 Å². The molecule has 0 heterocycles. The van der Waals surface area contributed by atoms with Crippen molar-refractivity contribution in [2.24, 2.45) is 5.92 Å². The van der Waals surface area contributed by atoms with E-state index >= 15 is 0 Å². The molecule has 0 N–H and O–H groups in total. The van der Waals surface area contributed by atoms with Gasteiger partial charge in [-0.3, -0.25) is 4.79 Å². The number of hydrogen-bond donors (Lipinski definition) is 0. The van der Waals surface area contributed by atoms with Crippen LogP contribution in [-0.4, -0.2) is 32.6 Å². The van der Waals surface area contributed by atoms with Crippen LogP contribution in [0.25, 0.3) is 0 Å². The zero-order valence-corrected chi connectivity index (χ0v) is 8.70. The summed E-state index contributed by atoms with van der Waals surface area (Å²) >= 11 is 0. The molecule has 2 atom stereocenters. The van der Waals surface area contributed by atoms with Gasteiger partial charge in [0.2, 0.25) is 0 Å². The zero-order chi connectivity index (χ0) is 10.3. The van der Waals surface area contributed by atoms with Gasteiger partial charge in [0.15, 0.2) is 0 Å². The minimum atomic E-state index is -0.255. The second-order valence-electron chi connectivity index (χ2n) is 2.82. The van der Waals surface area contributed by atoms with Crippen LogP contribution in [0, 0.1) is 5.92 Å². The predicted molar refractivity (Wildman–Crippen MR) is 48.2 cm³/mol. The van der Waals surface area contributed by atoms with E-state index in [1.165, 1.54) is 0 Å². The molecule has 0 spiro atoms. The summed E-state index contributed by atoms with van der Waals surface area (Å²) in [6.07, 6.45) is -0.181. The van der Waals surface area contributed by atoms with Crippen LogP contribution in [0.15, 0.2) is 0 Å². The molecule has 0 aliphatic carbocycles. The van der Waals surface area contributed by atoms with Crippen molar-refractivity contribution in [2.45, 2.75) is 26.9 Å². The molecule has 13 heavy (non-hydrogen) atoms. The van der Waals surface area contributed by atoms with Gasteiger partial charge in [-0.1, -0.05) is 0 Å². The third kappa shape index (κ3) is 4.85. The second kappa shape index (κ2) is 6.86. The number of hydrogen-bond acceptors (Lipinski definition) is 4. The summed E-state index contributed by atoms with van der Waals surface area (Å²) in [6, 6.07) is 0. The molecule has 4 nitrogen and oxygen atoms in total. The molecule has 0 saturated carbocycles. The molecular formula is C9H18O4. The SMILES string of the molecule is CCOC(=O)[C@H](C)[C@@H](C)OCOC. The topological polar surface area (TPSA) is 44.8 Å². The van der Waals surface area contributed by atoms with E-state index in [0.717, 1.165) is 0 Å². The first-order chi connectivity index (χ1) is 6.13. The summed E-state index contributed by atoms with van der Waals surface area (Å²) in [5, 5.41) is 0. The highest BCUT2D eigenvalue weighted by molar-refractivity contribution is 5.72. The molecule has 4 heteroatoms. The first-order valence-electron chi connectivity index (χ1n) is 4.40. The average Bonchev–Trinajstić information content (AvgIpc) is 2.13. The van der Waals surface area contributed by atoms with Gasteiger partial charge in [0, 0.05) is 7.11 Å². The third-order valence-corrected chi connectivity index (χ3v) is 1.81. The number of rotatable bonds is 6. The molecule has 0 fully saturated rings. The molecule has 0 amide bonds. The van der Waals surface area contributed by atoms with E-state index in [-0.39, 0.29) is 24.8 Å². The quantitative estimate of drug-likeness (QED) is 0.466. The van der Waals surface area contributed by atoms with Crippen molar-refractivity contribution in [3.8, 4) is 0 Å². The summed E-state index contributed by atoms with van der Waals surface area (Å²) in [4.78, 5) is 11.2. The molecule has 0 unspecified atom stereocenters.